The second kappa shape index (κ2) is 4.05. The van der Waals surface area contributed by atoms with Crippen molar-refractivity contribution in [3.05, 3.63) is 18.3 Å². The second-order valence-electron chi connectivity index (χ2n) is 4.39. The summed E-state index contributed by atoms with van der Waals surface area (Å²) in [6.45, 7) is 3.34. The highest BCUT2D eigenvalue weighted by molar-refractivity contribution is 7.92. The fourth-order valence-electron chi connectivity index (χ4n) is 1.34. The maximum absolute atomic E-state index is 11.8. The van der Waals surface area contributed by atoms with Crippen molar-refractivity contribution >= 4 is 15.7 Å². The molecule has 0 radical (unpaired) electrons. The highest BCUT2D eigenvalue weighted by Gasteiger charge is 2.22. The van der Waals surface area contributed by atoms with E-state index in [1.165, 1.54) is 19.0 Å². The summed E-state index contributed by atoms with van der Waals surface area (Å²) in [5.41, 5.74) is 0. The molecule has 16 heavy (non-hydrogen) atoms. The Bertz CT molecular complexity index is 461. The Kier molecular flexibility index (Phi) is 2.88. The predicted octanol–water partition coefficient (Wildman–Crippen LogP) is 1.84. The van der Waals surface area contributed by atoms with Gasteiger partial charge >= 0.3 is 0 Å². The van der Waals surface area contributed by atoms with Gasteiger partial charge in [0, 0.05) is 12.2 Å². The molecule has 1 fully saturated rings. The van der Waals surface area contributed by atoms with E-state index < -0.39 is 15.1 Å². The van der Waals surface area contributed by atoms with Gasteiger partial charge in [0.1, 0.15) is 5.82 Å². The van der Waals surface area contributed by atoms with Crippen LogP contribution in [0.15, 0.2) is 23.2 Å². The Morgan fingerprint density at radius 1 is 1.38 bits per heavy atom. The molecule has 0 amide bonds. The Balaban J connectivity index is 2.18. The van der Waals surface area contributed by atoms with Gasteiger partial charge < -0.3 is 5.32 Å². The number of pyridine rings is 1. The van der Waals surface area contributed by atoms with Crippen molar-refractivity contribution in [1.29, 1.82) is 0 Å². The SMILES string of the molecule is CC(C)S(=O)(=O)c1ccc(NC2CC2)nc1. The van der Waals surface area contributed by atoms with Crippen LogP contribution in [-0.4, -0.2) is 24.7 Å². The van der Waals surface area contributed by atoms with E-state index in [2.05, 4.69) is 10.3 Å². The van der Waals surface area contributed by atoms with Crippen molar-refractivity contribution in [2.75, 3.05) is 5.32 Å². The molecule has 0 saturated heterocycles. The van der Waals surface area contributed by atoms with Crippen molar-refractivity contribution in [2.45, 2.75) is 42.9 Å². The summed E-state index contributed by atoms with van der Waals surface area (Å²) in [6.07, 6.45) is 3.78. The monoisotopic (exact) mass is 240 g/mol. The van der Waals surface area contributed by atoms with Gasteiger partial charge in [-0.25, -0.2) is 13.4 Å². The van der Waals surface area contributed by atoms with E-state index in [1.807, 2.05) is 0 Å². The first-order valence-electron chi connectivity index (χ1n) is 5.46. The molecule has 5 heteroatoms. The molecule has 0 unspecified atom stereocenters. The molecular formula is C11H16N2O2S. The average molecular weight is 240 g/mol. The zero-order valence-corrected chi connectivity index (χ0v) is 10.3. The minimum atomic E-state index is -3.20. The quantitative estimate of drug-likeness (QED) is 0.872. The molecule has 1 aromatic heterocycles. The standard InChI is InChI=1S/C11H16N2O2S/c1-8(2)16(14,15)10-5-6-11(12-7-10)13-9-3-4-9/h5-9H,3-4H2,1-2H3,(H,12,13). The molecule has 0 aromatic carbocycles. The molecular weight excluding hydrogens is 224 g/mol. The largest absolute Gasteiger partial charge is 0.367 e. The Morgan fingerprint density at radius 3 is 2.50 bits per heavy atom. The number of nitrogens with one attached hydrogen (secondary N) is 1. The summed E-state index contributed by atoms with van der Waals surface area (Å²) in [6, 6.07) is 3.88. The normalized spacial score (nSPS) is 16.4. The van der Waals surface area contributed by atoms with Crippen LogP contribution >= 0.6 is 0 Å². The summed E-state index contributed by atoms with van der Waals surface area (Å²) in [5.74, 6) is 0.755. The predicted molar refractivity (Wildman–Crippen MR) is 63.2 cm³/mol. The minimum absolute atomic E-state index is 0.295. The molecule has 4 nitrogen and oxygen atoms in total. The lowest BCUT2D eigenvalue weighted by molar-refractivity contribution is 0.587. The first kappa shape index (κ1) is 11.4. The van der Waals surface area contributed by atoms with Crippen LogP contribution < -0.4 is 5.32 Å². The van der Waals surface area contributed by atoms with Gasteiger partial charge in [0.15, 0.2) is 9.84 Å². The number of nitrogens with zero attached hydrogens (tertiary/aromatic N) is 1. The van der Waals surface area contributed by atoms with Gasteiger partial charge in [-0.15, -0.1) is 0 Å². The molecule has 0 aliphatic heterocycles. The Labute approximate surface area is 96.0 Å². The van der Waals surface area contributed by atoms with Crippen molar-refractivity contribution in [2.24, 2.45) is 0 Å². The molecule has 2 rings (SSSR count). The second-order valence-corrected chi connectivity index (χ2v) is 6.90. The van der Waals surface area contributed by atoms with Crippen molar-refractivity contribution < 1.29 is 8.42 Å². The van der Waals surface area contributed by atoms with Crippen LogP contribution in [0.3, 0.4) is 0 Å². The summed E-state index contributed by atoms with van der Waals surface area (Å²) < 4.78 is 23.6. The number of aromatic nitrogens is 1. The van der Waals surface area contributed by atoms with Crippen molar-refractivity contribution in [1.82, 2.24) is 4.98 Å². The van der Waals surface area contributed by atoms with E-state index in [0.717, 1.165) is 5.82 Å². The zero-order valence-electron chi connectivity index (χ0n) is 9.47. The lowest BCUT2D eigenvalue weighted by Crippen LogP contribution is -2.14. The molecule has 1 heterocycles. The maximum Gasteiger partial charge on any atom is 0.182 e. The topological polar surface area (TPSA) is 59.1 Å². The molecule has 1 N–H and O–H groups in total. The fourth-order valence-corrected chi connectivity index (χ4v) is 2.34. The smallest absolute Gasteiger partial charge is 0.182 e. The Morgan fingerprint density at radius 2 is 2.06 bits per heavy atom. The van der Waals surface area contributed by atoms with Crippen LogP contribution in [0.5, 0.6) is 0 Å². The lowest BCUT2D eigenvalue weighted by Gasteiger charge is -2.08. The number of rotatable bonds is 4. The van der Waals surface area contributed by atoms with Crippen LogP contribution in [0, 0.1) is 0 Å². The highest BCUT2D eigenvalue weighted by atomic mass is 32.2. The molecule has 1 aromatic rings. The van der Waals surface area contributed by atoms with E-state index in [4.69, 9.17) is 0 Å². The van der Waals surface area contributed by atoms with Crippen LogP contribution in [0.25, 0.3) is 0 Å². The first-order valence-corrected chi connectivity index (χ1v) is 7.01. The average Bonchev–Trinajstić information content (AvgIpc) is 3.02. The molecule has 0 spiro atoms. The number of hydrogen-bond acceptors (Lipinski definition) is 4. The van der Waals surface area contributed by atoms with Crippen LogP contribution in [0.2, 0.25) is 0 Å². The zero-order chi connectivity index (χ0) is 11.8. The van der Waals surface area contributed by atoms with Crippen LogP contribution in [0.4, 0.5) is 5.82 Å². The molecule has 88 valence electrons. The molecule has 0 atom stereocenters. The van der Waals surface area contributed by atoms with Gasteiger partial charge in [0.05, 0.1) is 10.1 Å². The summed E-state index contributed by atoms with van der Waals surface area (Å²) in [7, 11) is -3.20. The highest BCUT2D eigenvalue weighted by Crippen LogP contribution is 2.24. The van der Waals surface area contributed by atoms with Gasteiger partial charge in [0.2, 0.25) is 0 Å². The third-order valence-electron chi connectivity index (χ3n) is 2.61. The van der Waals surface area contributed by atoms with Gasteiger partial charge in [-0.3, -0.25) is 0 Å². The number of anilines is 1. The van der Waals surface area contributed by atoms with Gasteiger partial charge in [0.25, 0.3) is 0 Å². The van der Waals surface area contributed by atoms with Gasteiger partial charge in [-0.2, -0.15) is 0 Å². The van der Waals surface area contributed by atoms with Gasteiger partial charge in [-0.1, -0.05) is 0 Å². The third-order valence-corrected chi connectivity index (χ3v) is 4.75. The molecule has 1 aliphatic rings. The lowest BCUT2D eigenvalue weighted by atomic mass is 10.4. The third kappa shape index (κ3) is 2.35. The Hall–Kier alpha value is -1.10. The van der Waals surface area contributed by atoms with Crippen LogP contribution in [-0.2, 0) is 9.84 Å². The van der Waals surface area contributed by atoms with Gasteiger partial charge in [-0.05, 0) is 38.8 Å². The molecule has 0 bridgehead atoms. The van der Waals surface area contributed by atoms with Crippen molar-refractivity contribution in [3.8, 4) is 0 Å². The fraction of sp³-hybridized carbons (Fsp3) is 0.545. The van der Waals surface area contributed by atoms with E-state index in [1.54, 1.807) is 26.0 Å². The summed E-state index contributed by atoms with van der Waals surface area (Å²) in [4.78, 5) is 4.41. The summed E-state index contributed by atoms with van der Waals surface area (Å²) >= 11 is 0. The van der Waals surface area contributed by atoms with Crippen LogP contribution in [0.1, 0.15) is 26.7 Å². The number of sulfone groups is 1. The van der Waals surface area contributed by atoms with E-state index in [9.17, 15) is 8.42 Å². The minimum Gasteiger partial charge on any atom is -0.367 e. The first-order chi connectivity index (χ1) is 7.50. The molecule has 1 saturated carbocycles. The number of hydrogen-bond donors (Lipinski definition) is 1. The molecule has 1 aliphatic carbocycles. The van der Waals surface area contributed by atoms with E-state index in [-0.39, 0.29) is 0 Å². The maximum atomic E-state index is 11.8. The van der Waals surface area contributed by atoms with E-state index >= 15 is 0 Å². The summed E-state index contributed by atoms with van der Waals surface area (Å²) in [5, 5.41) is 2.81. The van der Waals surface area contributed by atoms with E-state index in [0.29, 0.717) is 10.9 Å². The van der Waals surface area contributed by atoms with Crippen molar-refractivity contribution in [3.63, 3.8) is 0 Å².